The zero-order valence-electron chi connectivity index (χ0n) is 16.0. The third kappa shape index (κ3) is 4.09. The van der Waals surface area contributed by atoms with Gasteiger partial charge in [-0.05, 0) is 28.8 Å². The Kier molecular flexibility index (Phi) is 6.11. The largest absolute Gasteiger partial charge is 0.480 e. The maximum Gasteiger partial charge on any atom is 0.327 e. The molecule has 1 saturated heterocycles. The van der Waals surface area contributed by atoms with Gasteiger partial charge in [0.05, 0.1) is 5.92 Å². The van der Waals surface area contributed by atoms with Crippen LogP contribution in [-0.2, 0) is 9.59 Å². The number of carboxylic acid groups (broad SMARTS) is 1. The number of carbonyl (C=O) groups excluding carboxylic acids is 1. The first-order chi connectivity index (χ1) is 14.6. The number of hydrogen-bond donors (Lipinski definition) is 1. The third-order valence-corrected chi connectivity index (χ3v) is 6.74. The van der Waals surface area contributed by atoms with Gasteiger partial charge in [-0.25, -0.2) is 4.79 Å². The van der Waals surface area contributed by atoms with E-state index < -0.39 is 23.3 Å². The fourth-order valence-corrected chi connectivity index (χ4v) is 5.42. The Bertz CT molecular complexity index is 1010. The van der Waals surface area contributed by atoms with Crippen LogP contribution in [0, 0.1) is 0 Å². The average molecular weight is 438 g/mol. The molecule has 1 aliphatic rings. The normalized spacial score (nSPS) is 18.5. The number of benzene rings is 3. The highest BCUT2D eigenvalue weighted by Gasteiger charge is 2.45. The Morgan fingerprint density at radius 3 is 2.07 bits per heavy atom. The van der Waals surface area contributed by atoms with Gasteiger partial charge in [0.15, 0.2) is 0 Å². The molecule has 0 radical (unpaired) electrons. The molecule has 1 amide bonds. The summed E-state index contributed by atoms with van der Waals surface area (Å²) in [5.41, 5.74) is 2.49. The van der Waals surface area contributed by atoms with Gasteiger partial charge in [0.25, 0.3) is 0 Å². The van der Waals surface area contributed by atoms with Gasteiger partial charge in [0, 0.05) is 10.8 Å². The lowest BCUT2D eigenvalue weighted by molar-refractivity contribution is -0.149. The monoisotopic (exact) mass is 437 g/mol. The van der Waals surface area contributed by atoms with E-state index in [1.165, 1.54) is 16.7 Å². The number of amides is 1. The number of halogens is 1. The van der Waals surface area contributed by atoms with Crippen molar-refractivity contribution >= 4 is 35.2 Å². The van der Waals surface area contributed by atoms with Crippen molar-refractivity contribution in [1.29, 1.82) is 0 Å². The minimum Gasteiger partial charge on any atom is -0.480 e. The van der Waals surface area contributed by atoms with Crippen LogP contribution in [0.25, 0.3) is 0 Å². The summed E-state index contributed by atoms with van der Waals surface area (Å²) in [6.45, 7) is 0. The molecule has 152 valence electrons. The van der Waals surface area contributed by atoms with Crippen LogP contribution in [0.3, 0.4) is 0 Å². The topological polar surface area (TPSA) is 57.6 Å². The maximum atomic E-state index is 13.9. The van der Waals surface area contributed by atoms with Gasteiger partial charge in [-0.1, -0.05) is 84.4 Å². The number of carbonyl (C=O) groups is 2. The first-order valence-electron chi connectivity index (χ1n) is 9.58. The molecule has 3 aromatic carbocycles. The summed E-state index contributed by atoms with van der Waals surface area (Å²) in [5.74, 6) is -1.49. The zero-order valence-corrected chi connectivity index (χ0v) is 17.6. The summed E-state index contributed by atoms with van der Waals surface area (Å²) in [5, 5.41) is 9.99. The average Bonchev–Trinajstić information content (AvgIpc) is 3.21. The molecule has 2 unspecified atom stereocenters. The molecule has 0 saturated carbocycles. The highest BCUT2D eigenvalue weighted by Crippen LogP contribution is 2.44. The summed E-state index contributed by atoms with van der Waals surface area (Å²) in [6.07, 6.45) is 0. The minimum absolute atomic E-state index is 0.227. The summed E-state index contributed by atoms with van der Waals surface area (Å²) in [6, 6.07) is 25.3. The Morgan fingerprint density at radius 2 is 1.53 bits per heavy atom. The van der Waals surface area contributed by atoms with Gasteiger partial charge >= 0.3 is 5.97 Å². The van der Waals surface area contributed by atoms with E-state index in [-0.39, 0.29) is 5.91 Å². The number of hydrogen-bond acceptors (Lipinski definition) is 3. The smallest absolute Gasteiger partial charge is 0.327 e. The summed E-state index contributed by atoms with van der Waals surface area (Å²) in [7, 11) is 0. The molecule has 0 spiro atoms. The quantitative estimate of drug-likeness (QED) is 0.596. The van der Waals surface area contributed by atoms with E-state index in [2.05, 4.69) is 0 Å². The van der Waals surface area contributed by atoms with Gasteiger partial charge in [0.2, 0.25) is 5.91 Å². The van der Waals surface area contributed by atoms with Crippen LogP contribution in [0.1, 0.15) is 28.0 Å². The number of rotatable bonds is 5. The van der Waals surface area contributed by atoms with Gasteiger partial charge < -0.3 is 10.0 Å². The lowest BCUT2D eigenvalue weighted by Gasteiger charge is -2.31. The van der Waals surface area contributed by atoms with Crippen molar-refractivity contribution in [2.45, 2.75) is 17.3 Å². The molecule has 6 heteroatoms. The molecule has 0 aromatic heterocycles. The lowest BCUT2D eigenvalue weighted by Crippen LogP contribution is -2.45. The number of aliphatic carboxylic acids is 1. The van der Waals surface area contributed by atoms with E-state index in [1.807, 2.05) is 72.8 Å². The van der Waals surface area contributed by atoms with Crippen molar-refractivity contribution in [3.8, 4) is 0 Å². The fraction of sp³-hybridized carbons (Fsp3) is 0.167. The summed E-state index contributed by atoms with van der Waals surface area (Å²) >= 11 is 7.63. The molecule has 30 heavy (non-hydrogen) atoms. The molecule has 4 nitrogen and oxygen atoms in total. The van der Waals surface area contributed by atoms with E-state index in [1.54, 1.807) is 12.1 Å². The Hall–Kier alpha value is -2.76. The van der Waals surface area contributed by atoms with Gasteiger partial charge in [-0.15, -0.1) is 11.8 Å². The summed E-state index contributed by atoms with van der Waals surface area (Å²) in [4.78, 5) is 27.5. The zero-order chi connectivity index (χ0) is 21.1. The van der Waals surface area contributed by atoms with Crippen LogP contribution in [0.15, 0.2) is 84.9 Å². The van der Waals surface area contributed by atoms with Crippen molar-refractivity contribution in [3.05, 3.63) is 107 Å². The van der Waals surface area contributed by atoms with Gasteiger partial charge in [-0.3, -0.25) is 4.79 Å². The van der Waals surface area contributed by atoms with Crippen LogP contribution >= 0.6 is 23.4 Å². The number of nitrogens with zero attached hydrogens (tertiary/aromatic N) is 1. The first-order valence-corrected chi connectivity index (χ1v) is 11.0. The standard InChI is InChI=1S/C24H20ClNO3S/c25-19-13-7-12-18(14-19)23-26(20(15-30-23)24(28)29)22(27)21(16-8-3-1-4-9-16)17-10-5-2-6-11-17/h1-14,20-21,23H,15H2,(H,28,29). The van der Waals surface area contributed by atoms with Crippen molar-refractivity contribution in [1.82, 2.24) is 4.90 Å². The van der Waals surface area contributed by atoms with E-state index in [9.17, 15) is 14.7 Å². The molecule has 0 bridgehead atoms. The second-order valence-corrected chi connectivity index (χ2v) is 8.64. The van der Waals surface area contributed by atoms with Crippen LogP contribution in [0.4, 0.5) is 0 Å². The van der Waals surface area contributed by atoms with Crippen molar-refractivity contribution < 1.29 is 14.7 Å². The second kappa shape index (κ2) is 8.94. The highest BCUT2D eigenvalue weighted by atomic mass is 35.5. The third-order valence-electron chi connectivity index (χ3n) is 5.19. The molecular formula is C24H20ClNO3S. The van der Waals surface area contributed by atoms with E-state index in [0.717, 1.165) is 16.7 Å². The Balaban J connectivity index is 1.80. The predicted octanol–water partition coefficient (Wildman–Crippen LogP) is 5.20. The fourth-order valence-electron chi connectivity index (χ4n) is 3.80. The van der Waals surface area contributed by atoms with Crippen LogP contribution in [-0.4, -0.2) is 33.7 Å². The van der Waals surface area contributed by atoms with Crippen LogP contribution in [0.2, 0.25) is 5.02 Å². The molecule has 4 rings (SSSR count). The first kappa shape index (κ1) is 20.5. The van der Waals surface area contributed by atoms with Crippen LogP contribution < -0.4 is 0 Å². The Labute approximate surface area is 184 Å². The molecule has 3 aromatic rings. The number of thioether (sulfide) groups is 1. The molecule has 1 heterocycles. The Morgan fingerprint density at radius 1 is 0.933 bits per heavy atom. The van der Waals surface area contributed by atoms with Crippen LogP contribution in [0.5, 0.6) is 0 Å². The van der Waals surface area contributed by atoms with E-state index >= 15 is 0 Å². The minimum atomic E-state index is -1.000. The molecule has 2 atom stereocenters. The van der Waals surface area contributed by atoms with Gasteiger partial charge in [-0.2, -0.15) is 0 Å². The molecular weight excluding hydrogens is 418 g/mol. The van der Waals surface area contributed by atoms with E-state index in [0.29, 0.717) is 10.8 Å². The maximum absolute atomic E-state index is 13.9. The van der Waals surface area contributed by atoms with E-state index in [4.69, 9.17) is 11.6 Å². The SMILES string of the molecule is O=C(O)C1CSC(c2cccc(Cl)c2)N1C(=O)C(c1ccccc1)c1ccccc1. The molecule has 0 aliphatic carbocycles. The second-order valence-electron chi connectivity index (χ2n) is 7.09. The molecule has 1 fully saturated rings. The van der Waals surface area contributed by atoms with Crippen molar-refractivity contribution in [2.75, 3.05) is 5.75 Å². The highest BCUT2D eigenvalue weighted by molar-refractivity contribution is 7.99. The summed E-state index contributed by atoms with van der Waals surface area (Å²) < 4.78 is 0. The van der Waals surface area contributed by atoms with Crippen molar-refractivity contribution in [3.63, 3.8) is 0 Å². The number of carboxylic acids is 1. The lowest BCUT2D eigenvalue weighted by atomic mass is 9.89. The van der Waals surface area contributed by atoms with Crippen molar-refractivity contribution in [2.24, 2.45) is 0 Å². The molecule has 1 N–H and O–H groups in total. The van der Waals surface area contributed by atoms with Gasteiger partial charge in [0.1, 0.15) is 11.4 Å². The molecule has 1 aliphatic heterocycles. The predicted molar refractivity (Wildman–Crippen MR) is 120 cm³/mol.